The third-order valence-corrected chi connectivity index (χ3v) is 4.01. The standard InChI is InChI=1S/C15H20N2O3/c18-10-11-4-1-2-8-17(11)15(19)12-5-3-6-13-14(12)20-9-7-16-13/h3,5-6,11,16,18H,1-2,4,7-10H2. The Morgan fingerprint density at radius 3 is 3.20 bits per heavy atom. The minimum absolute atomic E-state index is 0.0276. The Labute approximate surface area is 118 Å². The van der Waals surface area contributed by atoms with E-state index in [4.69, 9.17) is 4.74 Å². The number of benzene rings is 1. The van der Waals surface area contributed by atoms with Crippen molar-refractivity contribution in [1.29, 1.82) is 0 Å². The molecule has 5 heteroatoms. The maximum Gasteiger partial charge on any atom is 0.258 e. The second-order valence-corrected chi connectivity index (χ2v) is 5.29. The van der Waals surface area contributed by atoms with Crippen molar-refractivity contribution in [2.24, 2.45) is 0 Å². The summed E-state index contributed by atoms with van der Waals surface area (Å²) in [5, 5.41) is 12.7. The van der Waals surface area contributed by atoms with Gasteiger partial charge < -0.3 is 20.1 Å². The van der Waals surface area contributed by atoms with E-state index < -0.39 is 0 Å². The third kappa shape index (κ3) is 2.33. The van der Waals surface area contributed by atoms with Crippen LogP contribution in [0.25, 0.3) is 0 Å². The van der Waals surface area contributed by atoms with Crippen LogP contribution in [0.15, 0.2) is 18.2 Å². The van der Waals surface area contributed by atoms with Crippen molar-refractivity contribution in [3.05, 3.63) is 23.8 Å². The highest BCUT2D eigenvalue weighted by Gasteiger charge is 2.29. The second kappa shape index (κ2) is 5.71. The summed E-state index contributed by atoms with van der Waals surface area (Å²) in [4.78, 5) is 14.5. The third-order valence-electron chi connectivity index (χ3n) is 4.01. The van der Waals surface area contributed by atoms with Crippen LogP contribution in [-0.4, -0.2) is 48.3 Å². The van der Waals surface area contributed by atoms with Gasteiger partial charge in [-0.3, -0.25) is 4.79 Å². The average Bonchev–Trinajstić information content (AvgIpc) is 2.53. The van der Waals surface area contributed by atoms with Gasteiger partial charge in [-0.25, -0.2) is 0 Å². The Balaban J connectivity index is 1.90. The topological polar surface area (TPSA) is 61.8 Å². The zero-order valence-electron chi connectivity index (χ0n) is 11.5. The molecule has 1 amide bonds. The number of anilines is 1. The molecule has 0 bridgehead atoms. The van der Waals surface area contributed by atoms with Gasteiger partial charge in [-0.2, -0.15) is 0 Å². The molecule has 0 radical (unpaired) electrons. The monoisotopic (exact) mass is 276 g/mol. The molecule has 2 aliphatic rings. The fourth-order valence-electron chi connectivity index (χ4n) is 2.95. The van der Waals surface area contributed by atoms with E-state index in [-0.39, 0.29) is 18.6 Å². The normalized spacial score (nSPS) is 21.6. The molecule has 5 nitrogen and oxygen atoms in total. The minimum Gasteiger partial charge on any atom is -0.489 e. The molecule has 3 rings (SSSR count). The van der Waals surface area contributed by atoms with E-state index in [0.717, 1.165) is 31.5 Å². The first-order valence-electron chi connectivity index (χ1n) is 7.23. The molecule has 1 aromatic rings. The summed E-state index contributed by atoms with van der Waals surface area (Å²) >= 11 is 0. The summed E-state index contributed by atoms with van der Waals surface area (Å²) in [7, 11) is 0. The van der Waals surface area contributed by atoms with Gasteiger partial charge in [0.2, 0.25) is 0 Å². The van der Waals surface area contributed by atoms with Crippen LogP contribution < -0.4 is 10.1 Å². The van der Waals surface area contributed by atoms with E-state index in [0.29, 0.717) is 24.5 Å². The molecule has 108 valence electrons. The molecule has 2 N–H and O–H groups in total. The Morgan fingerprint density at radius 2 is 2.35 bits per heavy atom. The van der Waals surface area contributed by atoms with Crippen molar-refractivity contribution in [1.82, 2.24) is 4.90 Å². The molecular weight excluding hydrogens is 256 g/mol. The Morgan fingerprint density at radius 1 is 1.45 bits per heavy atom. The summed E-state index contributed by atoms with van der Waals surface area (Å²) in [6, 6.07) is 5.53. The van der Waals surface area contributed by atoms with Crippen molar-refractivity contribution >= 4 is 11.6 Å². The Kier molecular flexibility index (Phi) is 3.78. The van der Waals surface area contributed by atoms with Crippen molar-refractivity contribution in [3.8, 4) is 5.75 Å². The van der Waals surface area contributed by atoms with Crippen molar-refractivity contribution < 1.29 is 14.6 Å². The molecule has 1 unspecified atom stereocenters. The van der Waals surface area contributed by atoms with Crippen molar-refractivity contribution in [2.45, 2.75) is 25.3 Å². The molecule has 0 saturated carbocycles. The fourth-order valence-corrected chi connectivity index (χ4v) is 2.95. The Hall–Kier alpha value is -1.75. The molecular formula is C15H20N2O3. The zero-order chi connectivity index (χ0) is 13.9. The summed E-state index contributed by atoms with van der Waals surface area (Å²) < 4.78 is 5.66. The number of likely N-dealkylation sites (tertiary alicyclic amines) is 1. The number of carbonyl (C=O) groups excluding carboxylic acids is 1. The summed E-state index contributed by atoms with van der Waals surface area (Å²) in [6.07, 6.45) is 2.94. The molecule has 1 saturated heterocycles. The maximum atomic E-state index is 12.7. The van der Waals surface area contributed by atoms with Crippen LogP contribution in [0.4, 0.5) is 5.69 Å². The lowest BCUT2D eigenvalue weighted by Gasteiger charge is -2.35. The molecule has 2 heterocycles. The number of hydrogen-bond donors (Lipinski definition) is 2. The van der Waals surface area contributed by atoms with E-state index in [2.05, 4.69) is 5.32 Å². The molecule has 2 aliphatic heterocycles. The van der Waals surface area contributed by atoms with Crippen molar-refractivity contribution in [2.75, 3.05) is 31.6 Å². The molecule has 0 aliphatic carbocycles. The average molecular weight is 276 g/mol. The minimum atomic E-state index is -0.0661. The van der Waals surface area contributed by atoms with Crippen LogP contribution >= 0.6 is 0 Å². The number of fused-ring (bicyclic) bond motifs is 1. The highest BCUT2D eigenvalue weighted by atomic mass is 16.5. The first-order valence-corrected chi connectivity index (χ1v) is 7.23. The molecule has 1 atom stereocenters. The SMILES string of the molecule is O=C(c1cccc2c1OCCN2)N1CCCCC1CO. The smallest absolute Gasteiger partial charge is 0.258 e. The van der Waals surface area contributed by atoms with E-state index in [1.807, 2.05) is 12.1 Å². The summed E-state index contributed by atoms with van der Waals surface area (Å²) in [5.74, 6) is 0.607. The first kappa shape index (κ1) is 13.2. The van der Waals surface area contributed by atoms with Crippen LogP contribution in [-0.2, 0) is 0 Å². The van der Waals surface area contributed by atoms with Crippen molar-refractivity contribution in [3.63, 3.8) is 0 Å². The van der Waals surface area contributed by atoms with Crippen LogP contribution in [0.2, 0.25) is 0 Å². The Bertz CT molecular complexity index is 504. The molecule has 0 spiro atoms. The number of nitrogens with one attached hydrogen (secondary N) is 1. The predicted octanol–water partition coefficient (Wildman–Crippen LogP) is 1.48. The van der Waals surface area contributed by atoms with E-state index in [1.54, 1.807) is 11.0 Å². The predicted molar refractivity (Wildman–Crippen MR) is 76.2 cm³/mol. The number of hydrogen-bond acceptors (Lipinski definition) is 4. The van der Waals surface area contributed by atoms with Gasteiger partial charge in [0.25, 0.3) is 5.91 Å². The molecule has 20 heavy (non-hydrogen) atoms. The number of para-hydroxylation sites is 1. The number of ether oxygens (including phenoxy) is 1. The lowest BCUT2D eigenvalue weighted by atomic mass is 10.0. The quantitative estimate of drug-likeness (QED) is 0.859. The number of nitrogens with zero attached hydrogens (tertiary/aromatic N) is 1. The lowest BCUT2D eigenvalue weighted by Crippen LogP contribution is -2.45. The highest BCUT2D eigenvalue weighted by molar-refractivity contribution is 5.99. The van der Waals surface area contributed by atoms with Crippen LogP contribution in [0.3, 0.4) is 0 Å². The lowest BCUT2D eigenvalue weighted by molar-refractivity contribution is 0.0499. The fraction of sp³-hybridized carbons (Fsp3) is 0.533. The van der Waals surface area contributed by atoms with E-state index in [1.165, 1.54) is 0 Å². The molecule has 1 fully saturated rings. The molecule has 0 aromatic heterocycles. The number of amides is 1. The number of carbonyl (C=O) groups is 1. The van der Waals surface area contributed by atoms with Gasteiger partial charge in [0, 0.05) is 13.1 Å². The van der Waals surface area contributed by atoms with Gasteiger partial charge >= 0.3 is 0 Å². The summed E-state index contributed by atoms with van der Waals surface area (Å²) in [6.45, 7) is 2.06. The largest absolute Gasteiger partial charge is 0.489 e. The first-order chi connectivity index (χ1) is 9.81. The number of aliphatic hydroxyl groups excluding tert-OH is 1. The molecule has 1 aromatic carbocycles. The number of piperidine rings is 1. The van der Waals surface area contributed by atoms with Gasteiger partial charge in [0.05, 0.1) is 23.9 Å². The zero-order valence-corrected chi connectivity index (χ0v) is 11.5. The van der Waals surface area contributed by atoms with Crippen LogP contribution in [0.5, 0.6) is 5.75 Å². The van der Waals surface area contributed by atoms with Gasteiger partial charge in [0.15, 0.2) is 5.75 Å². The van der Waals surface area contributed by atoms with Gasteiger partial charge in [0.1, 0.15) is 6.61 Å². The number of aliphatic hydroxyl groups is 1. The summed E-state index contributed by atoms with van der Waals surface area (Å²) in [5.41, 5.74) is 1.47. The van der Waals surface area contributed by atoms with Gasteiger partial charge in [-0.15, -0.1) is 0 Å². The van der Waals surface area contributed by atoms with Gasteiger partial charge in [-0.05, 0) is 31.4 Å². The van der Waals surface area contributed by atoms with Gasteiger partial charge in [-0.1, -0.05) is 6.07 Å². The van der Waals surface area contributed by atoms with E-state index >= 15 is 0 Å². The second-order valence-electron chi connectivity index (χ2n) is 5.29. The van der Waals surface area contributed by atoms with Crippen LogP contribution in [0.1, 0.15) is 29.6 Å². The highest BCUT2D eigenvalue weighted by Crippen LogP contribution is 2.33. The van der Waals surface area contributed by atoms with E-state index in [9.17, 15) is 9.90 Å². The maximum absolute atomic E-state index is 12.7. The van der Waals surface area contributed by atoms with Crippen LogP contribution in [0, 0.1) is 0 Å². The number of rotatable bonds is 2.